The van der Waals surface area contributed by atoms with Gasteiger partial charge in [0.25, 0.3) is 0 Å². The van der Waals surface area contributed by atoms with Crippen molar-refractivity contribution in [1.82, 2.24) is 9.55 Å². The van der Waals surface area contributed by atoms with Gasteiger partial charge in [0, 0.05) is 17.0 Å². The number of thiol groups is 1. The molecule has 4 heteroatoms. The Hall–Kier alpha value is -4.07. The van der Waals surface area contributed by atoms with E-state index in [1.165, 1.54) is 11.1 Å². The Kier molecular flexibility index (Phi) is 6.16. The Morgan fingerprint density at radius 2 is 1.38 bits per heavy atom. The average Bonchev–Trinajstić information content (AvgIpc) is 3.45. The summed E-state index contributed by atoms with van der Waals surface area (Å²) in [5.41, 5.74) is 7.65. The molecule has 37 heavy (non-hydrogen) atoms. The molecule has 0 spiro atoms. The van der Waals surface area contributed by atoms with Crippen LogP contribution in [0.3, 0.4) is 0 Å². The molecule has 0 saturated heterocycles. The minimum atomic E-state index is -0.636. The monoisotopic (exact) mass is 497 g/mol. The van der Waals surface area contributed by atoms with E-state index in [1.54, 1.807) is 0 Å². The molecule has 0 aliphatic heterocycles. The number of benzene rings is 4. The SMILES string of the molecule is N#Cc1ccc2c(c1-c1cn(C(c3ccccc3)(c3ccccc3)c3ccccc3)cn1)CCCC2S. The Morgan fingerprint density at radius 1 is 0.811 bits per heavy atom. The Morgan fingerprint density at radius 3 is 1.92 bits per heavy atom. The first kappa shape index (κ1) is 23.3. The first-order valence-corrected chi connectivity index (χ1v) is 13.2. The molecule has 1 aliphatic carbocycles. The molecule has 0 N–H and O–H groups in total. The van der Waals surface area contributed by atoms with Crippen LogP contribution >= 0.6 is 12.6 Å². The zero-order chi connectivity index (χ0) is 25.2. The molecule has 0 saturated carbocycles. The van der Waals surface area contributed by atoms with Gasteiger partial charge in [0.2, 0.25) is 0 Å². The maximum atomic E-state index is 10.0. The molecule has 0 fully saturated rings. The second-order valence-corrected chi connectivity index (χ2v) is 10.2. The van der Waals surface area contributed by atoms with Crippen LogP contribution in [0.1, 0.15) is 51.5 Å². The van der Waals surface area contributed by atoms with E-state index in [9.17, 15) is 5.26 Å². The van der Waals surface area contributed by atoms with Crippen LogP contribution in [0.4, 0.5) is 0 Å². The molecule has 5 aromatic rings. The minimum absolute atomic E-state index is 0.189. The summed E-state index contributed by atoms with van der Waals surface area (Å²) >= 11 is 4.85. The number of hydrogen-bond acceptors (Lipinski definition) is 3. The van der Waals surface area contributed by atoms with Crippen LogP contribution in [0.25, 0.3) is 11.3 Å². The zero-order valence-corrected chi connectivity index (χ0v) is 21.4. The number of aromatic nitrogens is 2. The van der Waals surface area contributed by atoms with Crippen LogP contribution in [0.15, 0.2) is 116 Å². The highest BCUT2D eigenvalue weighted by atomic mass is 32.1. The van der Waals surface area contributed by atoms with E-state index in [1.807, 2.05) is 30.6 Å². The summed E-state index contributed by atoms with van der Waals surface area (Å²) in [6.07, 6.45) is 7.08. The van der Waals surface area contributed by atoms with Gasteiger partial charge >= 0.3 is 0 Å². The summed E-state index contributed by atoms with van der Waals surface area (Å²) in [6.45, 7) is 0. The Balaban J connectivity index is 1.64. The van der Waals surface area contributed by atoms with Crippen molar-refractivity contribution in [3.05, 3.63) is 149 Å². The molecule has 6 rings (SSSR count). The quantitative estimate of drug-likeness (QED) is 0.201. The molecule has 1 unspecified atom stereocenters. The van der Waals surface area contributed by atoms with Gasteiger partial charge in [-0.3, -0.25) is 0 Å². The summed E-state index contributed by atoms with van der Waals surface area (Å²) in [5.74, 6) is 0. The molecule has 1 aliphatic rings. The van der Waals surface area contributed by atoms with Gasteiger partial charge < -0.3 is 4.57 Å². The van der Waals surface area contributed by atoms with Crippen molar-refractivity contribution < 1.29 is 0 Å². The number of imidazole rings is 1. The summed E-state index contributed by atoms with van der Waals surface area (Å²) in [7, 11) is 0. The third-order valence-corrected chi connectivity index (χ3v) is 8.07. The van der Waals surface area contributed by atoms with Crippen LogP contribution in [0.2, 0.25) is 0 Å². The van der Waals surface area contributed by atoms with Crippen molar-refractivity contribution in [3.63, 3.8) is 0 Å². The molecular weight excluding hydrogens is 470 g/mol. The van der Waals surface area contributed by atoms with Crippen LogP contribution in [0, 0.1) is 11.3 Å². The third kappa shape index (κ3) is 3.87. The van der Waals surface area contributed by atoms with Gasteiger partial charge in [-0.15, -0.1) is 0 Å². The maximum absolute atomic E-state index is 10.0. The molecule has 0 bridgehead atoms. The third-order valence-electron chi connectivity index (χ3n) is 7.53. The molecule has 3 nitrogen and oxygen atoms in total. The van der Waals surface area contributed by atoms with Gasteiger partial charge in [-0.05, 0) is 53.1 Å². The molecule has 0 amide bonds. The molecule has 1 heterocycles. The molecule has 1 aromatic heterocycles. The summed E-state index contributed by atoms with van der Waals surface area (Å²) < 4.78 is 2.21. The maximum Gasteiger partial charge on any atom is 0.121 e. The predicted octanol–water partition coefficient (Wildman–Crippen LogP) is 7.57. The second-order valence-electron chi connectivity index (χ2n) is 9.55. The van der Waals surface area contributed by atoms with Crippen molar-refractivity contribution in [2.45, 2.75) is 30.1 Å². The van der Waals surface area contributed by atoms with Gasteiger partial charge in [-0.25, -0.2) is 4.98 Å². The first-order valence-electron chi connectivity index (χ1n) is 12.7. The lowest BCUT2D eigenvalue weighted by Crippen LogP contribution is -2.36. The summed E-state index contributed by atoms with van der Waals surface area (Å²) in [6, 6.07) is 38.2. The largest absolute Gasteiger partial charge is 0.318 e. The number of nitrogens with zero attached hydrogens (tertiary/aromatic N) is 3. The average molecular weight is 498 g/mol. The Bertz CT molecular complexity index is 1470. The number of hydrogen-bond donors (Lipinski definition) is 1. The van der Waals surface area contributed by atoms with E-state index in [2.05, 4.69) is 95.7 Å². The summed E-state index contributed by atoms with van der Waals surface area (Å²) in [4.78, 5) is 4.96. The Labute approximate surface area is 223 Å². The van der Waals surface area contributed by atoms with Crippen molar-refractivity contribution >= 4 is 12.6 Å². The van der Waals surface area contributed by atoms with Crippen molar-refractivity contribution in [1.29, 1.82) is 5.26 Å². The lowest BCUT2D eigenvalue weighted by atomic mass is 9.76. The van der Waals surface area contributed by atoms with E-state index in [0.717, 1.165) is 47.2 Å². The van der Waals surface area contributed by atoms with Crippen molar-refractivity contribution in [2.75, 3.05) is 0 Å². The van der Waals surface area contributed by atoms with Crippen LogP contribution < -0.4 is 0 Å². The van der Waals surface area contributed by atoms with Gasteiger partial charge in [-0.1, -0.05) is 97.1 Å². The fourth-order valence-corrected chi connectivity index (χ4v) is 6.30. The number of fused-ring (bicyclic) bond motifs is 1. The normalized spacial score (nSPS) is 15.1. The van der Waals surface area contributed by atoms with Gasteiger partial charge in [-0.2, -0.15) is 17.9 Å². The fourth-order valence-electron chi connectivity index (χ4n) is 5.88. The highest BCUT2D eigenvalue weighted by Gasteiger charge is 2.38. The molecule has 1 atom stereocenters. The zero-order valence-electron chi connectivity index (χ0n) is 20.5. The van der Waals surface area contributed by atoms with E-state index < -0.39 is 5.54 Å². The standard InChI is InChI=1S/C33H27N3S/c34-21-24-19-20-28-29(17-10-18-31(28)37)32(24)30-22-36(23-35-30)33(25-11-4-1-5-12-25,26-13-6-2-7-14-26)27-15-8-3-9-16-27/h1-9,11-16,19-20,22-23,31,37H,10,17-18H2. The van der Waals surface area contributed by atoms with Crippen molar-refractivity contribution in [2.24, 2.45) is 0 Å². The number of nitriles is 1. The minimum Gasteiger partial charge on any atom is -0.318 e. The van der Waals surface area contributed by atoms with Crippen LogP contribution in [0.5, 0.6) is 0 Å². The van der Waals surface area contributed by atoms with E-state index in [4.69, 9.17) is 17.6 Å². The van der Waals surface area contributed by atoms with E-state index >= 15 is 0 Å². The van der Waals surface area contributed by atoms with E-state index in [-0.39, 0.29) is 5.25 Å². The van der Waals surface area contributed by atoms with E-state index in [0.29, 0.717) is 5.56 Å². The second kappa shape index (κ2) is 9.76. The number of rotatable bonds is 5. The fraction of sp³-hybridized carbons (Fsp3) is 0.152. The molecule has 0 radical (unpaired) electrons. The molecular formula is C33H27N3S. The highest BCUT2D eigenvalue weighted by Crippen LogP contribution is 2.44. The lowest BCUT2D eigenvalue weighted by Gasteiger charge is -2.37. The molecule has 4 aromatic carbocycles. The first-order chi connectivity index (χ1) is 18.2. The van der Waals surface area contributed by atoms with Crippen LogP contribution in [-0.4, -0.2) is 9.55 Å². The smallest absolute Gasteiger partial charge is 0.121 e. The van der Waals surface area contributed by atoms with Gasteiger partial charge in [0.15, 0.2) is 0 Å². The van der Waals surface area contributed by atoms with Crippen LogP contribution in [-0.2, 0) is 12.0 Å². The lowest BCUT2D eigenvalue weighted by molar-refractivity contribution is 0.515. The van der Waals surface area contributed by atoms with Gasteiger partial charge in [0.05, 0.1) is 23.7 Å². The van der Waals surface area contributed by atoms with Gasteiger partial charge in [0.1, 0.15) is 5.54 Å². The predicted molar refractivity (Wildman–Crippen MR) is 152 cm³/mol. The summed E-state index contributed by atoms with van der Waals surface area (Å²) in [5, 5.41) is 10.2. The topological polar surface area (TPSA) is 41.6 Å². The van der Waals surface area contributed by atoms with Crippen molar-refractivity contribution in [3.8, 4) is 17.3 Å². The molecule has 180 valence electrons. The highest BCUT2D eigenvalue weighted by molar-refractivity contribution is 7.80.